The quantitative estimate of drug-likeness (QED) is 0.894. The first-order valence-corrected chi connectivity index (χ1v) is 8.64. The molecule has 128 valence electrons. The molecular formula is C19H16Cl2N2O2. The number of nitrogens with zero attached hydrogens (tertiary/aromatic N) is 1. The first-order chi connectivity index (χ1) is 11.9. The smallest absolute Gasteiger partial charge is 0.253 e. The molecule has 0 aromatic heterocycles. The van der Waals surface area contributed by atoms with E-state index < -0.39 is 0 Å². The minimum absolute atomic E-state index is 0.183. The largest absolute Gasteiger partial charge is 0.352 e. The molecule has 0 radical (unpaired) electrons. The average Bonchev–Trinajstić information content (AvgIpc) is 2.55. The number of fused-ring (bicyclic) bond motifs is 1. The molecule has 2 aromatic rings. The number of carbonyl (C=O) groups excluding carboxylic acids is 2. The number of amides is 2. The molecule has 2 aromatic carbocycles. The van der Waals surface area contributed by atoms with Crippen LogP contribution >= 0.6 is 23.2 Å². The van der Waals surface area contributed by atoms with Crippen LogP contribution in [0.3, 0.4) is 0 Å². The lowest BCUT2D eigenvalue weighted by Crippen LogP contribution is -2.35. The number of halogens is 2. The molecule has 0 bridgehead atoms. The van der Waals surface area contributed by atoms with E-state index in [9.17, 15) is 9.59 Å². The molecule has 1 aliphatic rings. The number of hydrogen-bond donors (Lipinski definition) is 1. The Hall–Kier alpha value is -2.17. The molecule has 1 heterocycles. The SMILES string of the molecule is Cc1ccc2c(c1)=NC(=O)C(CCNC(=O)c1ccc(Cl)cc1Cl)C=2. The fourth-order valence-electron chi connectivity index (χ4n) is 2.70. The summed E-state index contributed by atoms with van der Waals surface area (Å²) in [5.41, 5.74) is 1.42. The van der Waals surface area contributed by atoms with Crippen molar-refractivity contribution in [3.63, 3.8) is 0 Å². The van der Waals surface area contributed by atoms with Gasteiger partial charge in [0.1, 0.15) is 0 Å². The fourth-order valence-corrected chi connectivity index (χ4v) is 3.19. The van der Waals surface area contributed by atoms with Crippen LogP contribution in [-0.2, 0) is 4.79 Å². The second-order valence-corrected chi connectivity index (χ2v) is 6.80. The van der Waals surface area contributed by atoms with E-state index in [2.05, 4.69) is 10.3 Å². The van der Waals surface area contributed by atoms with E-state index in [1.165, 1.54) is 6.07 Å². The Balaban J connectivity index is 1.65. The Morgan fingerprint density at radius 3 is 2.76 bits per heavy atom. The van der Waals surface area contributed by atoms with Crippen LogP contribution in [0.15, 0.2) is 41.4 Å². The predicted molar refractivity (Wildman–Crippen MR) is 98.3 cm³/mol. The number of nitrogens with one attached hydrogen (secondary N) is 1. The van der Waals surface area contributed by atoms with Gasteiger partial charge in [-0.15, -0.1) is 0 Å². The van der Waals surface area contributed by atoms with Gasteiger partial charge in [0.15, 0.2) is 0 Å². The summed E-state index contributed by atoms with van der Waals surface area (Å²) in [4.78, 5) is 28.5. The van der Waals surface area contributed by atoms with E-state index >= 15 is 0 Å². The highest BCUT2D eigenvalue weighted by Crippen LogP contribution is 2.20. The van der Waals surface area contributed by atoms with Crippen LogP contribution in [0.25, 0.3) is 6.08 Å². The molecule has 6 heteroatoms. The van der Waals surface area contributed by atoms with Crippen LogP contribution in [0.2, 0.25) is 10.0 Å². The van der Waals surface area contributed by atoms with Crippen LogP contribution in [0.5, 0.6) is 0 Å². The normalized spacial score (nSPS) is 15.8. The van der Waals surface area contributed by atoms with Crippen molar-refractivity contribution >= 4 is 41.1 Å². The maximum atomic E-state index is 12.2. The van der Waals surface area contributed by atoms with Gasteiger partial charge in [0.05, 0.1) is 21.9 Å². The van der Waals surface area contributed by atoms with E-state index in [4.69, 9.17) is 23.2 Å². The molecule has 0 saturated heterocycles. The summed E-state index contributed by atoms with van der Waals surface area (Å²) in [6.45, 7) is 2.31. The number of carbonyl (C=O) groups is 2. The lowest BCUT2D eigenvalue weighted by Gasteiger charge is -2.13. The maximum absolute atomic E-state index is 12.2. The van der Waals surface area contributed by atoms with E-state index in [1.54, 1.807) is 12.1 Å². The minimum atomic E-state index is -0.337. The molecule has 0 fully saturated rings. The van der Waals surface area contributed by atoms with Crippen LogP contribution in [0.4, 0.5) is 0 Å². The van der Waals surface area contributed by atoms with Crippen molar-refractivity contribution in [1.29, 1.82) is 0 Å². The zero-order valence-electron chi connectivity index (χ0n) is 13.6. The zero-order valence-corrected chi connectivity index (χ0v) is 15.1. The molecule has 4 nitrogen and oxygen atoms in total. The molecule has 1 aliphatic heterocycles. The summed E-state index contributed by atoms with van der Waals surface area (Å²) in [6, 6.07) is 10.5. The number of aryl methyl sites for hydroxylation is 1. The van der Waals surface area contributed by atoms with Crippen molar-refractivity contribution in [2.24, 2.45) is 10.9 Å². The summed E-state index contributed by atoms with van der Waals surface area (Å²) in [5.74, 6) is -0.814. The van der Waals surface area contributed by atoms with Gasteiger partial charge in [0, 0.05) is 11.6 Å². The maximum Gasteiger partial charge on any atom is 0.253 e. The Kier molecular flexibility index (Phi) is 5.21. The molecule has 25 heavy (non-hydrogen) atoms. The monoisotopic (exact) mass is 374 g/mol. The molecule has 0 spiro atoms. The summed E-state index contributed by atoms with van der Waals surface area (Å²) >= 11 is 11.8. The van der Waals surface area contributed by atoms with Gasteiger partial charge in [-0.05, 0) is 48.4 Å². The van der Waals surface area contributed by atoms with E-state index in [1.807, 2.05) is 31.2 Å². The molecule has 3 rings (SSSR count). The van der Waals surface area contributed by atoms with Gasteiger partial charge in [-0.1, -0.05) is 41.4 Å². The van der Waals surface area contributed by atoms with Crippen LogP contribution < -0.4 is 15.9 Å². The van der Waals surface area contributed by atoms with E-state index in [0.717, 1.165) is 10.8 Å². The first-order valence-electron chi connectivity index (χ1n) is 7.88. The van der Waals surface area contributed by atoms with Gasteiger partial charge >= 0.3 is 0 Å². The first kappa shape index (κ1) is 17.6. The van der Waals surface area contributed by atoms with Gasteiger partial charge in [-0.25, -0.2) is 4.99 Å². The third kappa shape index (κ3) is 4.09. The Bertz CT molecular complexity index is 970. The Labute approximate surface area is 155 Å². The van der Waals surface area contributed by atoms with Crippen LogP contribution in [0.1, 0.15) is 22.3 Å². The van der Waals surface area contributed by atoms with Crippen molar-refractivity contribution in [3.8, 4) is 0 Å². The summed E-state index contributed by atoms with van der Waals surface area (Å²) < 4.78 is 0. The van der Waals surface area contributed by atoms with Crippen LogP contribution in [-0.4, -0.2) is 18.4 Å². The average molecular weight is 375 g/mol. The van der Waals surface area contributed by atoms with E-state index in [-0.39, 0.29) is 17.7 Å². The third-order valence-electron chi connectivity index (χ3n) is 4.03. The van der Waals surface area contributed by atoms with Crippen molar-refractivity contribution in [3.05, 3.63) is 68.1 Å². The topological polar surface area (TPSA) is 58.5 Å². The molecular weight excluding hydrogens is 359 g/mol. The molecule has 0 aliphatic carbocycles. The standard InChI is InChI=1S/C19H16Cl2N2O2/c1-11-2-3-12-9-13(18(24)23-17(12)8-11)6-7-22-19(25)15-5-4-14(20)10-16(15)21/h2-5,8-10,13H,6-7H2,1H3,(H,22,25). The van der Waals surface area contributed by atoms with Crippen molar-refractivity contribution < 1.29 is 9.59 Å². The highest BCUT2D eigenvalue weighted by Gasteiger charge is 2.19. The van der Waals surface area contributed by atoms with Gasteiger partial charge in [-0.3, -0.25) is 9.59 Å². The third-order valence-corrected chi connectivity index (χ3v) is 4.58. The minimum Gasteiger partial charge on any atom is -0.352 e. The second-order valence-electron chi connectivity index (χ2n) is 5.95. The zero-order chi connectivity index (χ0) is 18.0. The molecule has 1 unspecified atom stereocenters. The fraction of sp³-hybridized carbons (Fsp3) is 0.211. The lowest BCUT2D eigenvalue weighted by atomic mass is 9.99. The van der Waals surface area contributed by atoms with Gasteiger partial charge in [0.2, 0.25) is 0 Å². The van der Waals surface area contributed by atoms with Crippen molar-refractivity contribution in [1.82, 2.24) is 5.32 Å². The lowest BCUT2D eigenvalue weighted by molar-refractivity contribution is -0.120. The highest BCUT2D eigenvalue weighted by atomic mass is 35.5. The number of rotatable bonds is 4. The molecule has 0 saturated carbocycles. The second kappa shape index (κ2) is 7.38. The molecule has 1 atom stereocenters. The number of hydrogen-bond acceptors (Lipinski definition) is 2. The van der Waals surface area contributed by atoms with E-state index in [0.29, 0.717) is 33.9 Å². The Morgan fingerprint density at radius 1 is 1.20 bits per heavy atom. The summed E-state index contributed by atoms with van der Waals surface area (Å²) in [6.07, 6.45) is 2.39. The molecule has 1 N–H and O–H groups in total. The Morgan fingerprint density at radius 2 is 2.00 bits per heavy atom. The van der Waals surface area contributed by atoms with Crippen molar-refractivity contribution in [2.45, 2.75) is 13.3 Å². The molecule has 2 amide bonds. The highest BCUT2D eigenvalue weighted by molar-refractivity contribution is 6.36. The van der Waals surface area contributed by atoms with Gasteiger partial charge < -0.3 is 5.32 Å². The van der Waals surface area contributed by atoms with Gasteiger partial charge in [-0.2, -0.15) is 0 Å². The number of benzene rings is 2. The summed E-state index contributed by atoms with van der Waals surface area (Å²) in [5, 5.41) is 5.20. The van der Waals surface area contributed by atoms with Crippen molar-refractivity contribution in [2.75, 3.05) is 6.54 Å². The predicted octanol–water partition coefficient (Wildman–Crippen LogP) is 2.68. The van der Waals surface area contributed by atoms with Crippen LogP contribution in [0, 0.1) is 12.8 Å². The van der Waals surface area contributed by atoms with Gasteiger partial charge in [0.25, 0.3) is 11.8 Å². The summed E-state index contributed by atoms with van der Waals surface area (Å²) in [7, 11) is 0.